The zero-order chi connectivity index (χ0) is 22.6. The molecule has 0 unspecified atom stereocenters. The van der Waals surface area contributed by atoms with Crippen LogP contribution in [0.1, 0.15) is 30.4 Å². The molecule has 2 amide bonds. The van der Waals surface area contributed by atoms with Gasteiger partial charge in [0.2, 0.25) is 0 Å². The molecule has 2 aliphatic heterocycles. The monoisotopic (exact) mass is 479 g/mol. The number of carbonyl (C=O) groups is 1. The quantitative estimate of drug-likeness (QED) is 0.484. The first-order valence-electron chi connectivity index (χ1n) is 11.4. The number of thioether (sulfide) groups is 1. The summed E-state index contributed by atoms with van der Waals surface area (Å²) in [5, 5.41) is 5.01. The summed E-state index contributed by atoms with van der Waals surface area (Å²) < 4.78 is 1.95. The Bertz CT molecular complexity index is 1160. The first-order valence-corrected chi connectivity index (χ1v) is 13.0. The van der Waals surface area contributed by atoms with Crippen LogP contribution in [0.4, 0.5) is 4.79 Å². The second kappa shape index (κ2) is 8.06. The van der Waals surface area contributed by atoms with E-state index in [9.17, 15) is 4.79 Å². The molecule has 6 rings (SSSR count). The lowest BCUT2D eigenvalue weighted by Gasteiger charge is -2.60. The van der Waals surface area contributed by atoms with Crippen molar-refractivity contribution >= 4 is 29.4 Å². The highest BCUT2D eigenvalue weighted by Crippen LogP contribution is 2.54. The lowest BCUT2D eigenvalue weighted by molar-refractivity contribution is -0.0771. The van der Waals surface area contributed by atoms with Crippen molar-refractivity contribution in [2.75, 3.05) is 32.4 Å². The maximum atomic E-state index is 12.9. The van der Waals surface area contributed by atoms with Crippen LogP contribution in [0.15, 0.2) is 60.0 Å². The highest BCUT2D eigenvalue weighted by atomic mass is 35.5. The van der Waals surface area contributed by atoms with Crippen LogP contribution < -0.4 is 0 Å². The van der Waals surface area contributed by atoms with E-state index in [-0.39, 0.29) is 6.03 Å². The second-order valence-corrected chi connectivity index (χ2v) is 10.9. The van der Waals surface area contributed by atoms with Gasteiger partial charge in [-0.15, -0.1) is 11.8 Å². The minimum absolute atomic E-state index is 0.198. The molecule has 3 aliphatic rings. The standard InChI is InChI=1S/C25H26ClN5OS/c1-33-23-8-20(26)6-7-22(23)18-4-2-17(3-5-18)19-11-29(12-19)24(32)30-13-25(14-30)9-21(10-25)31-16-27-15-28-31/h2-8,15-16,19,21H,9-14H2,1H3. The van der Waals surface area contributed by atoms with Crippen molar-refractivity contribution in [2.45, 2.75) is 29.7 Å². The van der Waals surface area contributed by atoms with Gasteiger partial charge in [-0.2, -0.15) is 5.10 Å². The van der Waals surface area contributed by atoms with Gasteiger partial charge in [0.1, 0.15) is 12.7 Å². The number of benzene rings is 2. The molecule has 0 atom stereocenters. The summed E-state index contributed by atoms with van der Waals surface area (Å²) in [6.07, 6.45) is 7.66. The maximum absolute atomic E-state index is 12.9. The molecule has 1 aromatic heterocycles. The summed E-state index contributed by atoms with van der Waals surface area (Å²) in [4.78, 5) is 22.1. The van der Waals surface area contributed by atoms with E-state index >= 15 is 0 Å². The highest BCUT2D eigenvalue weighted by molar-refractivity contribution is 7.98. The van der Waals surface area contributed by atoms with Crippen molar-refractivity contribution in [3.05, 3.63) is 65.7 Å². The van der Waals surface area contributed by atoms with Crippen LogP contribution in [-0.4, -0.2) is 63.0 Å². The number of nitrogens with zero attached hydrogens (tertiary/aromatic N) is 5. The van der Waals surface area contributed by atoms with E-state index in [0.717, 1.165) is 44.0 Å². The summed E-state index contributed by atoms with van der Waals surface area (Å²) in [5.41, 5.74) is 4.02. The summed E-state index contributed by atoms with van der Waals surface area (Å²) in [7, 11) is 0. The van der Waals surface area contributed by atoms with E-state index in [1.165, 1.54) is 21.6 Å². The van der Waals surface area contributed by atoms with Crippen LogP contribution in [-0.2, 0) is 0 Å². The third-order valence-corrected chi connectivity index (χ3v) is 8.49. The molecule has 3 heterocycles. The normalized spacial score (nSPS) is 19.8. The topological polar surface area (TPSA) is 54.3 Å². The number of rotatable bonds is 4. The summed E-state index contributed by atoms with van der Waals surface area (Å²) in [6, 6.07) is 15.5. The number of urea groups is 1. The Hall–Kier alpha value is -2.51. The number of aromatic nitrogens is 3. The zero-order valence-electron chi connectivity index (χ0n) is 18.5. The number of hydrogen-bond acceptors (Lipinski definition) is 4. The van der Waals surface area contributed by atoms with Crippen molar-refractivity contribution in [1.29, 1.82) is 0 Å². The van der Waals surface area contributed by atoms with E-state index in [2.05, 4.69) is 46.7 Å². The lowest BCUT2D eigenvalue weighted by Crippen LogP contribution is -2.67. The number of amides is 2. The average molecular weight is 480 g/mol. The smallest absolute Gasteiger partial charge is 0.320 e. The van der Waals surface area contributed by atoms with E-state index in [1.807, 2.05) is 26.6 Å². The van der Waals surface area contributed by atoms with Crippen molar-refractivity contribution < 1.29 is 4.79 Å². The third kappa shape index (κ3) is 3.71. The Morgan fingerprint density at radius 1 is 1.09 bits per heavy atom. The van der Waals surface area contributed by atoms with Crippen molar-refractivity contribution in [1.82, 2.24) is 24.6 Å². The van der Waals surface area contributed by atoms with Gasteiger partial charge in [0.15, 0.2) is 0 Å². The molecule has 8 heteroatoms. The molecule has 1 spiro atoms. The molecule has 3 aromatic rings. The van der Waals surface area contributed by atoms with Crippen molar-refractivity contribution in [3.8, 4) is 11.1 Å². The van der Waals surface area contributed by atoms with E-state index < -0.39 is 0 Å². The van der Waals surface area contributed by atoms with Gasteiger partial charge in [-0.05, 0) is 47.9 Å². The van der Waals surface area contributed by atoms with Gasteiger partial charge in [-0.1, -0.05) is 41.9 Å². The van der Waals surface area contributed by atoms with Crippen molar-refractivity contribution in [3.63, 3.8) is 0 Å². The van der Waals surface area contributed by atoms with Crippen LogP contribution >= 0.6 is 23.4 Å². The SMILES string of the molecule is CSc1cc(Cl)ccc1-c1ccc(C2CN(C(=O)N3CC4(CC(n5cncn5)C4)C3)C2)cc1. The maximum Gasteiger partial charge on any atom is 0.320 e. The van der Waals surface area contributed by atoms with Crippen LogP contribution in [0.3, 0.4) is 0 Å². The molecule has 2 saturated heterocycles. The van der Waals surface area contributed by atoms with Gasteiger partial charge in [0.05, 0.1) is 6.04 Å². The Balaban J connectivity index is 1.01. The summed E-state index contributed by atoms with van der Waals surface area (Å²) >= 11 is 7.86. The van der Waals surface area contributed by atoms with E-state index in [1.54, 1.807) is 24.4 Å². The fraction of sp³-hybridized carbons (Fsp3) is 0.400. The molecule has 6 nitrogen and oxygen atoms in total. The third-order valence-electron chi connectivity index (χ3n) is 7.48. The Kier molecular flexibility index (Phi) is 5.14. The fourth-order valence-corrected chi connectivity index (χ4v) is 6.46. The molecule has 0 radical (unpaired) electrons. The van der Waals surface area contributed by atoms with Crippen molar-refractivity contribution in [2.24, 2.45) is 5.41 Å². The second-order valence-electron chi connectivity index (χ2n) is 9.64. The molecule has 170 valence electrons. The molecule has 33 heavy (non-hydrogen) atoms. The van der Waals surface area contributed by atoms with Gasteiger partial charge in [0, 0.05) is 47.4 Å². The molecular formula is C25H26ClN5OS. The Morgan fingerprint density at radius 2 is 1.85 bits per heavy atom. The van der Waals surface area contributed by atoms with Gasteiger partial charge in [-0.3, -0.25) is 0 Å². The number of halogens is 1. The molecule has 1 aliphatic carbocycles. The largest absolute Gasteiger partial charge is 0.323 e. The minimum atomic E-state index is 0.198. The molecule has 0 N–H and O–H groups in total. The molecule has 0 bridgehead atoms. The molecule has 2 aromatic carbocycles. The van der Waals surface area contributed by atoms with E-state index in [4.69, 9.17) is 11.6 Å². The van der Waals surface area contributed by atoms with Crippen LogP contribution in [0.2, 0.25) is 5.02 Å². The predicted octanol–water partition coefficient (Wildman–Crippen LogP) is 5.18. The van der Waals surface area contributed by atoms with E-state index in [0.29, 0.717) is 17.4 Å². The van der Waals surface area contributed by atoms with Gasteiger partial charge in [-0.25, -0.2) is 14.5 Å². The van der Waals surface area contributed by atoms with Crippen LogP contribution in [0.25, 0.3) is 11.1 Å². The first kappa shape index (κ1) is 21.1. The lowest BCUT2D eigenvalue weighted by atomic mass is 9.61. The van der Waals surface area contributed by atoms with Crippen LogP contribution in [0.5, 0.6) is 0 Å². The summed E-state index contributed by atoms with van der Waals surface area (Å²) in [5.74, 6) is 0.420. The first-order chi connectivity index (χ1) is 16.0. The minimum Gasteiger partial charge on any atom is -0.323 e. The Morgan fingerprint density at radius 3 is 2.52 bits per heavy atom. The van der Waals surface area contributed by atoms with Gasteiger partial charge < -0.3 is 9.80 Å². The zero-order valence-corrected chi connectivity index (χ0v) is 20.1. The molecular weight excluding hydrogens is 454 g/mol. The highest BCUT2D eigenvalue weighted by Gasteiger charge is 2.55. The summed E-state index contributed by atoms with van der Waals surface area (Å²) in [6.45, 7) is 3.37. The average Bonchev–Trinajstić information content (AvgIpc) is 3.26. The van der Waals surface area contributed by atoms with Gasteiger partial charge >= 0.3 is 6.03 Å². The fourth-order valence-electron chi connectivity index (χ4n) is 5.57. The number of likely N-dealkylation sites (tertiary alicyclic amines) is 2. The molecule has 3 fully saturated rings. The number of hydrogen-bond donors (Lipinski definition) is 0. The Labute approximate surface area is 202 Å². The number of carbonyl (C=O) groups excluding carboxylic acids is 1. The van der Waals surface area contributed by atoms with Gasteiger partial charge in [0.25, 0.3) is 0 Å². The van der Waals surface area contributed by atoms with Crippen LogP contribution in [0, 0.1) is 5.41 Å². The molecule has 1 saturated carbocycles. The predicted molar refractivity (Wildman–Crippen MR) is 131 cm³/mol.